The third-order valence-corrected chi connectivity index (χ3v) is 8.85. The number of hydrogen-bond donors (Lipinski definition) is 1. The Morgan fingerprint density at radius 3 is 1.72 bits per heavy atom. The second-order valence-corrected chi connectivity index (χ2v) is 14.2. The summed E-state index contributed by atoms with van der Waals surface area (Å²) < 4.78 is 2.55. The maximum atomic E-state index is 5.61. The molecular weight excluding hydrogens is 754 g/mol. The number of H-pyrrole nitrogens is 1. The first-order chi connectivity index (χ1) is 20.9. The number of allylic oxidation sites excluding steroid dienone is 2. The molecule has 0 radical (unpaired) electrons. The van der Waals surface area contributed by atoms with E-state index < -0.39 is 16.5 Å². The van der Waals surface area contributed by atoms with Crippen molar-refractivity contribution in [2.24, 2.45) is 0 Å². The van der Waals surface area contributed by atoms with Gasteiger partial charge in [-0.1, -0.05) is 48.5 Å². The number of nitrogens with zero attached hydrogens (tertiary/aromatic N) is 3. The molecule has 5 heterocycles. The van der Waals surface area contributed by atoms with E-state index in [1.54, 1.807) is 0 Å². The van der Waals surface area contributed by atoms with E-state index in [1.165, 1.54) is 66.9 Å². The molecule has 234 valence electrons. The Bertz CT molecular complexity index is 1710. The van der Waals surface area contributed by atoms with Gasteiger partial charge >= 0.3 is 35.3 Å². The molecule has 8 bridgehead atoms. The summed E-state index contributed by atoms with van der Waals surface area (Å²) in [7, 11) is 9.75. The number of hydrogen-bond acceptors (Lipinski definition) is 2. The number of aryl methyl sites for hydroxylation is 6. The van der Waals surface area contributed by atoms with Gasteiger partial charge in [0.1, 0.15) is 0 Å². The van der Waals surface area contributed by atoms with Crippen molar-refractivity contribution in [1.82, 2.24) is 19.5 Å². The molecule has 3 aromatic rings. The third kappa shape index (κ3) is 6.35. The van der Waals surface area contributed by atoms with Gasteiger partial charge in [0.2, 0.25) is 0 Å². The van der Waals surface area contributed by atoms with Gasteiger partial charge < -0.3 is 9.55 Å². The molecule has 2 aliphatic rings. The van der Waals surface area contributed by atoms with Crippen LogP contribution in [0.4, 0.5) is 0 Å². The van der Waals surface area contributed by atoms with Crippen LogP contribution < -0.4 is 0 Å². The van der Waals surface area contributed by atoms with E-state index in [2.05, 4.69) is 95.3 Å². The summed E-state index contributed by atoms with van der Waals surface area (Å²) in [6.07, 6.45) is 11.2. The summed E-state index contributed by atoms with van der Waals surface area (Å²) in [6.45, 7) is 19.2. The second-order valence-electron chi connectivity index (χ2n) is 10.9. The van der Waals surface area contributed by atoms with Gasteiger partial charge in [0.25, 0.3) is 0 Å². The number of halogens is 2. The van der Waals surface area contributed by atoms with Crippen LogP contribution in [-0.4, -0.2) is 19.5 Å². The van der Waals surface area contributed by atoms with Crippen molar-refractivity contribution >= 4 is 64.2 Å². The summed E-state index contributed by atoms with van der Waals surface area (Å²) in [5.74, 6) is 0. The molecule has 0 saturated carbocycles. The average Bonchev–Trinajstić information content (AvgIpc) is 3.78. The van der Waals surface area contributed by atoms with Gasteiger partial charge in [-0.2, -0.15) is 0 Å². The molecule has 1 N–H and O–H groups in total. The molecule has 43 heavy (non-hydrogen) atoms. The zero-order chi connectivity index (χ0) is 31.3. The predicted octanol–water partition coefficient (Wildman–Crippen LogP) is 10.9. The van der Waals surface area contributed by atoms with E-state index >= 15 is 0 Å². The Morgan fingerprint density at radius 2 is 1.21 bits per heavy atom. The molecule has 5 rings (SSSR count). The summed E-state index contributed by atoms with van der Waals surface area (Å²) in [4.78, 5) is 14.4. The molecule has 2 aliphatic heterocycles. The van der Waals surface area contributed by atoms with Crippen LogP contribution in [0.5, 0.6) is 0 Å². The molecule has 0 aromatic carbocycles. The Balaban J connectivity index is 0.00000135. The molecule has 0 amide bonds. The molecule has 0 fully saturated rings. The Hall–Kier alpha value is -2.13. The van der Waals surface area contributed by atoms with Crippen LogP contribution in [0.25, 0.3) is 45.4 Å². The zero-order valence-corrected chi connectivity index (χ0v) is 30.7. The van der Waals surface area contributed by atoms with Crippen molar-refractivity contribution in [2.45, 2.75) is 107 Å². The molecule has 0 saturated heterocycles. The topological polar surface area (TPSA) is 46.5 Å². The van der Waals surface area contributed by atoms with Crippen LogP contribution in [0, 0.1) is 0 Å². The quantitative estimate of drug-likeness (QED) is 0.193. The van der Waals surface area contributed by atoms with Crippen molar-refractivity contribution in [1.29, 1.82) is 0 Å². The summed E-state index contributed by atoms with van der Waals surface area (Å²) >= 11 is -0.472. The minimum absolute atomic E-state index is 0.472. The fourth-order valence-electron chi connectivity index (χ4n) is 7.06. The van der Waals surface area contributed by atoms with Crippen molar-refractivity contribution in [3.05, 3.63) is 68.8 Å². The molecule has 0 aliphatic carbocycles. The number of aromatic nitrogens is 4. The van der Waals surface area contributed by atoms with E-state index in [4.69, 9.17) is 28.8 Å². The predicted molar refractivity (Wildman–Crippen MR) is 185 cm³/mol. The fraction of sp³-hybridized carbons (Fsp3) is 0.444. The molecule has 3 aromatic heterocycles. The standard InChI is InChI=1S/C36H46N4.2ClH.Pt/c1-9-22-19-25-20-23-17-18-24(37-23)21-32-26(10-2)29(13-5)36(40(32)16-8)31(15-7)35-28(12-4)27(11-3)34(39-35)30(14-6)33(22)38-25;;;/h17-21,38H,9-16H2,1-8H3;2*1H;/q;;;+2/p-2. The van der Waals surface area contributed by atoms with Crippen molar-refractivity contribution in [3.63, 3.8) is 0 Å². The summed E-state index contributed by atoms with van der Waals surface area (Å²) in [6, 6.07) is 6.80. The summed E-state index contributed by atoms with van der Waals surface area (Å²) in [5.41, 5.74) is 19.3. The van der Waals surface area contributed by atoms with E-state index in [9.17, 15) is 0 Å². The van der Waals surface area contributed by atoms with Gasteiger partial charge in [-0.25, -0.2) is 9.97 Å². The van der Waals surface area contributed by atoms with Gasteiger partial charge in [0, 0.05) is 34.2 Å². The monoisotopic (exact) mass is 799 g/mol. The zero-order valence-electron chi connectivity index (χ0n) is 27.0. The normalized spacial score (nSPS) is 12.7. The van der Waals surface area contributed by atoms with Crippen molar-refractivity contribution < 1.29 is 16.5 Å². The number of nitrogens with one attached hydrogen (secondary N) is 1. The third-order valence-electron chi connectivity index (χ3n) is 8.85. The van der Waals surface area contributed by atoms with Crippen molar-refractivity contribution in [3.8, 4) is 0 Å². The van der Waals surface area contributed by atoms with Crippen LogP contribution >= 0.6 is 18.8 Å². The second kappa shape index (κ2) is 15.2. The number of fused-ring (bicyclic) bond motifs is 8. The average molecular weight is 801 g/mol. The Morgan fingerprint density at radius 1 is 0.651 bits per heavy atom. The molecule has 7 heteroatoms. The first kappa shape index (κ1) is 33.8. The molecule has 0 spiro atoms. The van der Waals surface area contributed by atoms with Crippen molar-refractivity contribution in [2.75, 3.05) is 0 Å². The van der Waals surface area contributed by atoms with Crippen LogP contribution in [0.3, 0.4) is 0 Å². The Labute approximate surface area is 274 Å². The van der Waals surface area contributed by atoms with E-state index in [1.807, 2.05) is 0 Å². The molecule has 0 unspecified atom stereocenters. The summed E-state index contributed by atoms with van der Waals surface area (Å²) in [5, 5.41) is 0. The van der Waals surface area contributed by atoms with Gasteiger partial charge in [-0.3, -0.25) is 0 Å². The maximum absolute atomic E-state index is 5.61. The van der Waals surface area contributed by atoms with Gasteiger partial charge in [0.05, 0.1) is 28.3 Å². The van der Waals surface area contributed by atoms with E-state index in [0.717, 1.165) is 68.4 Å². The molecule has 0 atom stereocenters. The SMILES string of the molecule is CCC1=C(CC)c2nc1c(CC)c1[nH]c(cc3nc(cc4c(CC)c(CC)c(c2CC)n4CC)C=C3)cc1CC.[Cl][Pt][Cl]. The van der Waals surface area contributed by atoms with Crippen LogP contribution in [0.2, 0.25) is 0 Å². The van der Waals surface area contributed by atoms with Crippen LogP contribution in [0.15, 0.2) is 18.2 Å². The molecular formula is C36H46Cl2N4Pt. The van der Waals surface area contributed by atoms with Gasteiger partial charge in [-0.15, -0.1) is 0 Å². The van der Waals surface area contributed by atoms with Crippen LogP contribution in [-0.2, 0) is 55.1 Å². The molecule has 4 nitrogen and oxygen atoms in total. The first-order valence-corrected chi connectivity index (χ1v) is 21.6. The van der Waals surface area contributed by atoms with Gasteiger partial charge in [0.15, 0.2) is 0 Å². The van der Waals surface area contributed by atoms with E-state index in [0.29, 0.717) is 0 Å². The fourth-order valence-corrected chi connectivity index (χ4v) is 7.06. The number of aromatic amines is 1. The Kier molecular flexibility index (Phi) is 12.0. The van der Waals surface area contributed by atoms with Gasteiger partial charge in [-0.05, 0) is 110 Å². The van der Waals surface area contributed by atoms with Crippen LogP contribution in [0.1, 0.15) is 119 Å². The number of rotatable bonds is 8. The first-order valence-electron chi connectivity index (χ1n) is 15.9. The minimum atomic E-state index is -0.472. The van der Waals surface area contributed by atoms with E-state index in [-0.39, 0.29) is 0 Å².